The largest absolute Gasteiger partial charge is 0.390 e. The summed E-state index contributed by atoms with van der Waals surface area (Å²) >= 11 is 0. The summed E-state index contributed by atoms with van der Waals surface area (Å²) in [6, 6.07) is 2.21. The molecule has 4 heteroatoms. The lowest BCUT2D eigenvalue weighted by molar-refractivity contribution is -0.115. The van der Waals surface area contributed by atoms with Crippen LogP contribution in [0.25, 0.3) is 0 Å². The van der Waals surface area contributed by atoms with E-state index >= 15 is 0 Å². The van der Waals surface area contributed by atoms with Crippen LogP contribution in [0.5, 0.6) is 0 Å². The van der Waals surface area contributed by atoms with Crippen LogP contribution in [0.15, 0.2) is 12.4 Å². The van der Waals surface area contributed by atoms with Crippen LogP contribution in [-0.4, -0.2) is 20.5 Å². The van der Waals surface area contributed by atoms with Crippen LogP contribution in [0, 0.1) is 64.1 Å². The van der Waals surface area contributed by atoms with Gasteiger partial charge in [-0.3, -0.25) is 4.68 Å². The van der Waals surface area contributed by atoms with Gasteiger partial charge in [-0.2, -0.15) is 10.4 Å². The molecule has 0 saturated heterocycles. The van der Waals surface area contributed by atoms with Crippen LogP contribution in [0.1, 0.15) is 90.0 Å². The van der Waals surface area contributed by atoms with Gasteiger partial charge in [0.25, 0.3) is 0 Å². The summed E-state index contributed by atoms with van der Waals surface area (Å²) in [7, 11) is 0. The van der Waals surface area contributed by atoms with Gasteiger partial charge in [0.05, 0.1) is 17.4 Å². The predicted molar refractivity (Wildman–Crippen MR) is 124 cm³/mol. The highest BCUT2D eigenvalue weighted by Gasteiger charge is 2.59. The fourth-order valence-corrected chi connectivity index (χ4v) is 9.82. The zero-order valence-corrected chi connectivity index (χ0v) is 20.0. The Bertz CT molecular complexity index is 899. The van der Waals surface area contributed by atoms with Crippen molar-refractivity contribution in [3.05, 3.63) is 18.0 Å². The molecule has 0 aromatic carbocycles. The molecule has 32 heavy (non-hydrogen) atoms. The first-order valence-electron chi connectivity index (χ1n) is 13.6. The molecule has 0 radical (unpaired) electrons. The number of nitriles is 1. The summed E-state index contributed by atoms with van der Waals surface area (Å²) in [5.74, 6) is 6.44. The summed E-state index contributed by atoms with van der Waals surface area (Å²) in [5, 5.41) is 24.8. The average Bonchev–Trinajstić information content (AvgIpc) is 3.46. The lowest BCUT2D eigenvalue weighted by Gasteiger charge is -2.57. The molecule has 4 nitrogen and oxygen atoms in total. The highest BCUT2D eigenvalue weighted by molar-refractivity contribution is 5.21. The van der Waals surface area contributed by atoms with Crippen molar-refractivity contribution in [1.82, 2.24) is 9.78 Å². The first-order valence-corrected chi connectivity index (χ1v) is 13.6. The molecule has 5 fully saturated rings. The molecule has 0 bridgehead atoms. The van der Waals surface area contributed by atoms with Crippen LogP contribution >= 0.6 is 0 Å². The van der Waals surface area contributed by atoms with Crippen molar-refractivity contribution in [2.45, 2.75) is 96.6 Å². The number of hydrogen-bond acceptors (Lipinski definition) is 3. The van der Waals surface area contributed by atoms with Crippen LogP contribution in [0.3, 0.4) is 0 Å². The zero-order chi connectivity index (χ0) is 22.1. The lowest BCUT2D eigenvalue weighted by Crippen LogP contribution is -2.51. The van der Waals surface area contributed by atoms with Gasteiger partial charge in [-0.15, -0.1) is 0 Å². The zero-order valence-electron chi connectivity index (χ0n) is 20.0. The smallest absolute Gasteiger partial charge is 0.102 e. The van der Waals surface area contributed by atoms with Gasteiger partial charge < -0.3 is 5.11 Å². The number of aromatic nitrogens is 2. The molecule has 9 atom stereocenters. The predicted octanol–water partition coefficient (Wildman–Crippen LogP) is 5.80. The van der Waals surface area contributed by atoms with Gasteiger partial charge in [-0.1, -0.05) is 13.8 Å². The number of nitrogens with zero attached hydrogens (tertiary/aromatic N) is 3. The Hall–Kier alpha value is -1.34. The molecule has 1 heterocycles. The molecular formula is C28H41N3O. The van der Waals surface area contributed by atoms with Gasteiger partial charge in [0.15, 0.2) is 0 Å². The van der Waals surface area contributed by atoms with E-state index in [1.165, 1.54) is 57.8 Å². The van der Waals surface area contributed by atoms with Gasteiger partial charge >= 0.3 is 0 Å². The molecule has 1 aromatic rings. The van der Waals surface area contributed by atoms with E-state index in [1.807, 2.05) is 10.9 Å². The molecule has 5 saturated carbocycles. The maximum atomic E-state index is 11.2. The third kappa shape index (κ3) is 3.29. The molecule has 1 aromatic heterocycles. The van der Waals surface area contributed by atoms with Crippen LogP contribution in [0.4, 0.5) is 0 Å². The van der Waals surface area contributed by atoms with Crippen molar-refractivity contribution >= 4 is 0 Å². The third-order valence-electron chi connectivity index (χ3n) is 11.4. The van der Waals surface area contributed by atoms with E-state index in [-0.39, 0.29) is 5.60 Å². The number of aliphatic hydroxyl groups is 1. The summed E-state index contributed by atoms with van der Waals surface area (Å²) in [4.78, 5) is 0. The number of rotatable bonds is 4. The van der Waals surface area contributed by atoms with Gasteiger partial charge in [-0.25, -0.2) is 0 Å². The topological polar surface area (TPSA) is 61.8 Å². The minimum atomic E-state index is -0.303. The number of hydrogen-bond donors (Lipinski definition) is 1. The summed E-state index contributed by atoms with van der Waals surface area (Å²) in [6.07, 6.45) is 18.0. The molecule has 0 unspecified atom stereocenters. The van der Waals surface area contributed by atoms with E-state index in [0.29, 0.717) is 22.8 Å². The van der Waals surface area contributed by atoms with E-state index in [0.717, 1.165) is 54.9 Å². The summed E-state index contributed by atoms with van der Waals surface area (Å²) < 4.78 is 2.00. The van der Waals surface area contributed by atoms with E-state index < -0.39 is 0 Å². The molecule has 5 aliphatic carbocycles. The highest BCUT2D eigenvalue weighted by atomic mass is 16.3. The molecule has 0 amide bonds. The second-order valence-electron chi connectivity index (χ2n) is 12.8. The summed E-state index contributed by atoms with van der Waals surface area (Å²) in [5.41, 5.74) is 0.844. The van der Waals surface area contributed by atoms with Gasteiger partial charge in [0.2, 0.25) is 0 Å². The molecule has 0 spiro atoms. The monoisotopic (exact) mass is 435 g/mol. The van der Waals surface area contributed by atoms with Crippen LogP contribution in [-0.2, 0) is 6.54 Å². The van der Waals surface area contributed by atoms with Crippen LogP contribution < -0.4 is 0 Å². The van der Waals surface area contributed by atoms with E-state index in [2.05, 4.69) is 25.0 Å². The standard InChI is InChI=1S/C28H41N3O/c1-18(16-31-17-19(14-29)15-30-31)25-7-8-26-24-6-3-20-13-28(32,21-4-5-21)12-10-22(20)23(24)9-11-27(25,26)2/h15,17-18,20-26,32H,3-13,16H2,1-2H3/t18-,20+,22-,23+,24+,25+,26-,27+,28+/m0/s1. The van der Waals surface area contributed by atoms with Crippen molar-refractivity contribution in [1.29, 1.82) is 5.26 Å². The second-order valence-corrected chi connectivity index (χ2v) is 12.8. The van der Waals surface area contributed by atoms with E-state index in [9.17, 15) is 5.11 Å². The summed E-state index contributed by atoms with van der Waals surface area (Å²) in [6.45, 7) is 5.99. The minimum absolute atomic E-state index is 0.303. The SMILES string of the molecule is C[C@@H](Cn1cc(C#N)cn1)[C@H]1CC[C@H]2[C@@H]3CC[C@@H]4C[C@@](O)(C5CC5)CC[C@@H]4[C@H]3CC[C@]12C. The average molecular weight is 436 g/mol. The second kappa shape index (κ2) is 7.59. The molecule has 6 rings (SSSR count). The highest BCUT2D eigenvalue weighted by Crippen LogP contribution is 2.66. The van der Waals surface area contributed by atoms with Crippen molar-refractivity contribution in [2.75, 3.05) is 0 Å². The molecular weight excluding hydrogens is 394 g/mol. The lowest BCUT2D eigenvalue weighted by atomic mass is 9.48. The Morgan fingerprint density at radius 1 is 1.09 bits per heavy atom. The Morgan fingerprint density at radius 2 is 1.91 bits per heavy atom. The Balaban J connectivity index is 1.15. The maximum absolute atomic E-state index is 11.2. The van der Waals surface area contributed by atoms with Crippen molar-refractivity contribution < 1.29 is 5.11 Å². The Kier molecular flexibility index (Phi) is 5.03. The van der Waals surface area contributed by atoms with Gasteiger partial charge in [0.1, 0.15) is 6.07 Å². The fourth-order valence-electron chi connectivity index (χ4n) is 9.82. The minimum Gasteiger partial charge on any atom is -0.390 e. The first-order chi connectivity index (χ1) is 15.4. The molecule has 174 valence electrons. The van der Waals surface area contributed by atoms with E-state index in [1.54, 1.807) is 6.20 Å². The van der Waals surface area contributed by atoms with Gasteiger partial charge in [-0.05, 0) is 123 Å². The van der Waals surface area contributed by atoms with Crippen molar-refractivity contribution in [3.8, 4) is 6.07 Å². The molecule has 5 aliphatic rings. The third-order valence-corrected chi connectivity index (χ3v) is 11.4. The Morgan fingerprint density at radius 3 is 2.66 bits per heavy atom. The normalized spacial score (nSPS) is 46.6. The van der Waals surface area contributed by atoms with Crippen LogP contribution in [0.2, 0.25) is 0 Å². The van der Waals surface area contributed by atoms with E-state index in [4.69, 9.17) is 5.26 Å². The Labute approximate surface area is 193 Å². The van der Waals surface area contributed by atoms with Crippen molar-refractivity contribution in [3.63, 3.8) is 0 Å². The molecule has 0 aliphatic heterocycles. The fraction of sp³-hybridized carbons (Fsp3) is 0.857. The quantitative estimate of drug-likeness (QED) is 0.650. The molecule has 1 N–H and O–H groups in total. The van der Waals surface area contributed by atoms with Crippen molar-refractivity contribution in [2.24, 2.45) is 52.8 Å². The van der Waals surface area contributed by atoms with Gasteiger partial charge in [0, 0.05) is 12.7 Å². The maximum Gasteiger partial charge on any atom is 0.102 e. The first kappa shape index (κ1) is 21.2. The number of fused-ring (bicyclic) bond motifs is 5.